The number of ether oxygens (including phenoxy) is 2. The van der Waals surface area contributed by atoms with Crippen LogP contribution in [0.4, 0.5) is 4.79 Å². The topological polar surface area (TPSA) is 109 Å². The first-order chi connectivity index (χ1) is 17.3. The van der Waals surface area contributed by atoms with E-state index in [-0.39, 0.29) is 46.8 Å². The van der Waals surface area contributed by atoms with Crippen LogP contribution in [0, 0.1) is 17.2 Å². The summed E-state index contributed by atoms with van der Waals surface area (Å²) in [6.07, 6.45) is 0.329. The monoisotopic (exact) mass is 547 g/mol. The fourth-order valence-corrected chi connectivity index (χ4v) is 5.71. The first-order valence-electron chi connectivity index (χ1n) is 12.2. The van der Waals surface area contributed by atoms with Crippen LogP contribution in [0.1, 0.15) is 58.1 Å². The van der Waals surface area contributed by atoms with Crippen molar-refractivity contribution < 1.29 is 22.7 Å². The smallest absolute Gasteiger partial charge is 0.410 e. The van der Waals surface area contributed by atoms with Crippen molar-refractivity contribution in [2.45, 2.75) is 63.5 Å². The van der Waals surface area contributed by atoms with Crippen molar-refractivity contribution in [3.63, 3.8) is 0 Å². The molecule has 1 heterocycles. The molecule has 0 aliphatic carbocycles. The second-order valence-corrected chi connectivity index (χ2v) is 12.6. The molecule has 3 rings (SSSR count). The van der Waals surface area contributed by atoms with Crippen LogP contribution in [0.15, 0.2) is 47.4 Å². The number of nitriles is 1. The fraction of sp³-hybridized carbons (Fsp3) is 0.481. The average molecular weight is 548 g/mol. The highest BCUT2D eigenvalue weighted by Gasteiger charge is 2.35. The number of carbonyl (C=O) groups excluding carboxylic acids is 1. The Kier molecular flexibility index (Phi) is 9.11. The quantitative estimate of drug-likeness (QED) is 0.502. The zero-order valence-corrected chi connectivity index (χ0v) is 23.4. The number of piperidine rings is 1. The largest absolute Gasteiger partial charge is 0.492 e. The van der Waals surface area contributed by atoms with E-state index in [9.17, 15) is 18.5 Å². The van der Waals surface area contributed by atoms with Crippen LogP contribution in [-0.2, 0) is 14.8 Å². The molecule has 0 spiro atoms. The Morgan fingerprint density at radius 1 is 1.22 bits per heavy atom. The van der Waals surface area contributed by atoms with Crippen molar-refractivity contribution in [3.8, 4) is 11.8 Å². The van der Waals surface area contributed by atoms with Crippen LogP contribution in [0.2, 0.25) is 5.02 Å². The number of halogens is 1. The molecule has 2 aromatic rings. The van der Waals surface area contributed by atoms with Crippen LogP contribution in [0.5, 0.6) is 5.75 Å². The summed E-state index contributed by atoms with van der Waals surface area (Å²) in [5.41, 5.74) is 0.600. The average Bonchev–Trinajstić information content (AvgIpc) is 2.81. The number of nitrogens with zero attached hydrogens (tertiary/aromatic N) is 2. The summed E-state index contributed by atoms with van der Waals surface area (Å²) < 4.78 is 39.2. The number of benzene rings is 2. The lowest BCUT2D eigenvalue weighted by atomic mass is 9.81. The van der Waals surface area contributed by atoms with Crippen LogP contribution >= 0.6 is 11.6 Å². The number of hydrogen-bond donors (Lipinski definition) is 1. The summed E-state index contributed by atoms with van der Waals surface area (Å²) in [4.78, 5) is 14.5. The summed E-state index contributed by atoms with van der Waals surface area (Å²) in [6, 6.07) is 13.6. The van der Waals surface area contributed by atoms with E-state index in [0.717, 1.165) is 5.56 Å². The second kappa shape index (κ2) is 11.7. The number of amides is 1. The molecular weight excluding hydrogens is 514 g/mol. The molecule has 0 radical (unpaired) electrons. The Morgan fingerprint density at radius 2 is 1.89 bits per heavy atom. The van der Waals surface area contributed by atoms with Gasteiger partial charge in [-0.25, -0.2) is 17.9 Å². The lowest BCUT2D eigenvalue weighted by Gasteiger charge is -2.39. The molecule has 2 unspecified atom stereocenters. The van der Waals surface area contributed by atoms with Gasteiger partial charge in [-0.2, -0.15) is 5.26 Å². The van der Waals surface area contributed by atoms with Crippen molar-refractivity contribution in [1.29, 1.82) is 5.26 Å². The molecule has 200 valence electrons. The Morgan fingerprint density at radius 3 is 2.49 bits per heavy atom. The van der Waals surface area contributed by atoms with Gasteiger partial charge in [0.15, 0.2) is 0 Å². The maximum absolute atomic E-state index is 12.8. The van der Waals surface area contributed by atoms with Gasteiger partial charge in [0.05, 0.1) is 17.1 Å². The van der Waals surface area contributed by atoms with Gasteiger partial charge in [0.2, 0.25) is 10.0 Å². The van der Waals surface area contributed by atoms with Gasteiger partial charge in [-0.05, 0) is 82.9 Å². The Labute approximate surface area is 224 Å². The van der Waals surface area contributed by atoms with Crippen LogP contribution in [-0.4, -0.2) is 50.8 Å². The van der Waals surface area contributed by atoms with E-state index in [1.54, 1.807) is 18.7 Å². The molecule has 10 heteroatoms. The molecule has 2 aromatic carbocycles. The van der Waals surface area contributed by atoms with Crippen molar-refractivity contribution in [2.24, 2.45) is 5.92 Å². The minimum atomic E-state index is -3.75. The van der Waals surface area contributed by atoms with E-state index in [1.165, 1.54) is 18.2 Å². The van der Waals surface area contributed by atoms with Crippen molar-refractivity contribution in [3.05, 3.63) is 58.6 Å². The minimum Gasteiger partial charge on any atom is -0.492 e. The molecular formula is C27H34ClN3O5S. The third-order valence-corrected chi connectivity index (χ3v) is 7.82. The first-order valence-corrected chi connectivity index (χ1v) is 14.1. The maximum Gasteiger partial charge on any atom is 0.410 e. The van der Waals surface area contributed by atoms with Gasteiger partial charge in [0.25, 0.3) is 0 Å². The van der Waals surface area contributed by atoms with Gasteiger partial charge < -0.3 is 14.4 Å². The molecule has 2 atom stereocenters. The van der Waals surface area contributed by atoms with Gasteiger partial charge in [-0.15, -0.1) is 0 Å². The molecule has 0 aromatic heterocycles. The Balaban J connectivity index is 1.83. The van der Waals surface area contributed by atoms with Gasteiger partial charge >= 0.3 is 6.09 Å². The number of hydrogen-bond acceptors (Lipinski definition) is 6. The summed E-state index contributed by atoms with van der Waals surface area (Å²) >= 11 is 6.09. The SMILES string of the molecule is CC(C)NS(=O)(=O)c1ccc(OCC2CN(C(=O)OC(C)(C)C)CCC2c2ccc(Cl)cc2)c(C#N)c1. The maximum atomic E-state index is 12.8. The Hall–Kier alpha value is -2.80. The highest BCUT2D eigenvalue weighted by atomic mass is 35.5. The summed E-state index contributed by atoms with van der Waals surface area (Å²) in [7, 11) is -3.75. The van der Waals surface area contributed by atoms with E-state index in [1.807, 2.05) is 51.1 Å². The summed E-state index contributed by atoms with van der Waals surface area (Å²) in [6.45, 7) is 10.1. The van der Waals surface area contributed by atoms with E-state index in [0.29, 0.717) is 24.5 Å². The predicted molar refractivity (Wildman–Crippen MR) is 142 cm³/mol. The van der Waals surface area contributed by atoms with Gasteiger partial charge in [0, 0.05) is 30.1 Å². The predicted octanol–water partition coefficient (Wildman–Crippen LogP) is 5.32. The zero-order valence-electron chi connectivity index (χ0n) is 21.8. The normalized spacial score (nSPS) is 18.4. The summed E-state index contributed by atoms with van der Waals surface area (Å²) in [5.74, 6) is 0.284. The molecule has 0 saturated carbocycles. The van der Waals surface area contributed by atoms with Crippen molar-refractivity contribution >= 4 is 27.7 Å². The van der Waals surface area contributed by atoms with Crippen LogP contribution < -0.4 is 9.46 Å². The zero-order chi connectivity index (χ0) is 27.4. The fourth-order valence-electron chi connectivity index (χ4n) is 4.31. The van der Waals surface area contributed by atoms with E-state index < -0.39 is 15.6 Å². The number of nitrogens with one attached hydrogen (secondary N) is 1. The third kappa shape index (κ3) is 7.84. The molecule has 1 N–H and O–H groups in total. The molecule has 37 heavy (non-hydrogen) atoms. The summed E-state index contributed by atoms with van der Waals surface area (Å²) in [5, 5.41) is 10.3. The Bertz CT molecular complexity index is 1250. The minimum absolute atomic E-state index is 0.00194. The van der Waals surface area contributed by atoms with Crippen molar-refractivity contribution in [1.82, 2.24) is 9.62 Å². The standard InChI is InChI=1S/C27H34ClN3O5S/c1-18(2)30-37(33,34)23-10-11-25(20(14-23)15-29)35-17-21-16-31(26(32)36-27(3,4)5)13-12-24(21)19-6-8-22(28)9-7-19/h6-11,14,18,21,24,30H,12-13,16-17H2,1-5H3. The van der Waals surface area contributed by atoms with Crippen LogP contribution in [0.3, 0.4) is 0 Å². The number of rotatable bonds is 7. The highest BCUT2D eigenvalue weighted by molar-refractivity contribution is 7.89. The first kappa shape index (κ1) is 28.8. The lowest BCUT2D eigenvalue weighted by molar-refractivity contribution is 0.0111. The van der Waals surface area contributed by atoms with Gasteiger partial charge in [-0.1, -0.05) is 23.7 Å². The highest BCUT2D eigenvalue weighted by Crippen LogP contribution is 2.35. The van der Waals surface area contributed by atoms with Gasteiger partial charge in [0.1, 0.15) is 17.4 Å². The van der Waals surface area contributed by atoms with Gasteiger partial charge in [-0.3, -0.25) is 0 Å². The van der Waals surface area contributed by atoms with E-state index in [2.05, 4.69) is 4.72 Å². The molecule has 1 aliphatic rings. The molecule has 1 saturated heterocycles. The number of likely N-dealkylation sites (tertiary alicyclic amines) is 1. The molecule has 1 amide bonds. The van der Waals surface area contributed by atoms with E-state index >= 15 is 0 Å². The molecule has 1 fully saturated rings. The molecule has 0 bridgehead atoms. The van der Waals surface area contributed by atoms with E-state index in [4.69, 9.17) is 21.1 Å². The second-order valence-electron chi connectivity index (χ2n) is 10.5. The lowest BCUT2D eigenvalue weighted by Crippen LogP contribution is -2.46. The van der Waals surface area contributed by atoms with Crippen LogP contribution in [0.25, 0.3) is 0 Å². The molecule has 1 aliphatic heterocycles. The number of carbonyl (C=O) groups is 1. The number of sulfonamides is 1. The molecule has 8 nitrogen and oxygen atoms in total. The van der Waals surface area contributed by atoms with Crippen molar-refractivity contribution in [2.75, 3.05) is 19.7 Å². The third-order valence-electron chi connectivity index (χ3n) is 5.91.